The van der Waals surface area contributed by atoms with E-state index in [4.69, 9.17) is 18.6 Å². The van der Waals surface area contributed by atoms with E-state index < -0.39 is 40.9 Å². The summed E-state index contributed by atoms with van der Waals surface area (Å²) in [6, 6.07) is 0.802. The van der Waals surface area contributed by atoms with Crippen molar-refractivity contribution in [2.24, 2.45) is 5.41 Å². The Morgan fingerprint density at radius 1 is 1.14 bits per heavy atom. The molecule has 0 radical (unpaired) electrons. The van der Waals surface area contributed by atoms with Crippen molar-refractivity contribution in [1.29, 1.82) is 0 Å². The number of fused-ring (bicyclic) bond motifs is 3. The average Bonchev–Trinajstić information content (AvgIpc) is 3.50. The summed E-state index contributed by atoms with van der Waals surface area (Å²) in [4.78, 5) is 44.6. The molecule has 0 saturated carbocycles. The number of ether oxygens (including phenoxy) is 3. The van der Waals surface area contributed by atoms with Crippen molar-refractivity contribution in [2.75, 3.05) is 19.7 Å². The number of piperidine rings is 1. The largest absolute Gasteiger partial charge is 0.508 e. The molecule has 3 aliphatic rings. The molecule has 2 saturated heterocycles. The molecule has 9 nitrogen and oxygen atoms in total. The molecule has 4 rings (SSSR count). The van der Waals surface area contributed by atoms with E-state index in [9.17, 15) is 14.4 Å². The first-order chi connectivity index (χ1) is 19.7. The topological polar surface area (TPSA) is 98.5 Å². The molecule has 0 N–H and O–H groups in total. The highest BCUT2D eigenvalue weighted by molar-refractivity contribution is 5.89. The second-order valence-electron chi connectivity index (χ2n) is 13.7. The molecule has 9 heteroatoms. The highest BCUT2D eigenvalue weighted by Crippen LogP contribution is 2.67. The molecule has 2 aliphatic heterocycles. The fourth-order valence-corrected chi connectivity index (χ4v) is 6.73. The normalized spacial score (nSPS) is 25.3. The van der Waals surface area contributed by atoms with Gasteiger partial charge in [-0.15, -0.1) is 6.58 Å². The molecule has 2 fully saturated rings. The van der Waals surface area contributed by atoms with Gasteiger partial charge in [-0.3, -0.25) is 9.69 Å². The maximum absolute atomic E-state index is 14.6. The van der Waals surface area contributed by atoms with Crippen LogP contribution in [0.5, 0.6) is 0 Å². The van der Waals surface area contributed by atoms with E-state index in [0.29, 0.717) is 31.7 Å². The first-order valence-corrected chi connectivity index (χ1v) is 15.2. The molecule has 3 heterocycles. The zero-order valence-electron chi connectivity index (χ0n) is 26.4. The Bertz CT molecular complexity index is 1200. The molecule has 4 atom stereocenters. The molecule has 232 valence electrons. The van der Waals surface area contributed by atoms with E-state index >= 15 is 0 Å². The molecule has 1 aliphatic carbocycles. The van der Waals surface area contributed by atoms with Gasteiger partial charge in [-0.1, -0.05) is 18.2 Å². The standard InChI is InChI=1S/C33H48N2O7/c1-9-11-13-14-17-34-18-16-25-24-19-23(15-12-10-2)40-26(24)27-33(25,28(34)36)20-22(21-39-30(38)42-32(6,7)8)35(27)29(37)41-31(3,4)5/h9-10,12,19,22,25,27H,1,11,13-18,20-21H2,2-8H3/t22-,25-,27-,33+/m1/s1. The van der Waals surface area contributed by atoms with Crippen LogP contribution in [0.2, 0.25) is 0 Å². The number of hydrogen-bond acceptors (Lipinski definition) is 7. The van der Waals surface area contributed by atoms with Crippen LogP contribution in [0.4, 0.5) is 9.59 Å². The second-order valence-corrected chi connectivity index (χ2v) is 13.7. The maximum Gasteiger partial charge on any atom is 0.508 e. The van der Waals surface area contributed by atoms with E-state index in [-0.39, 0.29) is 18.4 Å². The minimum Gasteiger partial charge on any atom is -0.463 e. The number of rotatable bonds is 9. The lowest BCUT2D eigenvalue weighted by molar-refractivity contribution is -0.149. The lowest BCUT2D eigenvalue weighted by Crippen LogP contribution is -2.53. The van der Waals surface area contributed by atoms with E-state index in [0.717, 1.165) is 37.0 Å². The molecule has 0 bridgehead atoms. The Labute approximate surface area is 250 Å². The molecule has 42 heavy (non-hydrogen) atoms. The van der Waals surface area contributed by atoms with Gasteiger partial charge in [0.05, 0.1) is 11.5 Å². The fourth-order valence-electron chi connectivity index (χ4n) is 6.73. The number of nitrogens with zero attached hydrogens (tertiary/aromatic N) is 2. The van der Waals surface area contributed by atoms with Crippen molar-refractivity contribution in [3.05, 3.63) is 48.0 Å². The molecule has 1 aromatic heterocycles. The minimum absolute atomic E-state index is 0.0251. The molecule has 2 amide bonds. The van der Waals surface area contributed by atoms with Crippen molar-refractivity contribution < 1.29 is 33.0 Å². The van der Waals surface area contributed by atoms with Crippen LogP contribution in [-0.4, -0.2) is 64.9 Å². The fraction of sp³-hybridized carbons (Fsp3) is 0.667. The lowest BCUT2D eigenvalue weighted by atomic mass is 9.67. The van der Waals surface area contributed by atoms with Crippen molar-refractivity contribution in [2.45, 2.75) is 116 Å². The Kier molecular flexibility index (Phi) is 9.19. The van der Waals surface area contributed by atoms with Crippen LogP contribution in [0.25, 0.3) is 0 Å². The molecular weight excluding hydrogens is 536 g/mol. The predicted molar refractivity (Wildman–Crippen MR) is 159 cm³/mol. The summed E-state index contributed by atoms with van der Waals surface area (Å²) in [6.07, 6.45) is 8.97. The van der Waals surface area contributed by atoms with Gasteiger partial charge < -0.3 is 23.5 Å². The third kappa shape index (κ3) is 6.40. The van der Waals surface area contributed by atoms with Crippen LogP contribution < -0.4 is 0 Å². The van der Waals surface area contributed by atoms with E-state index in [1.54, 1.807) is 25.7 Å². The Morgan fingerprint density at radius 3 is 2.50 bits per heavy atom. The number of unbranched alkanes of at least 4 members (excludes halogenated alkanes) is 2. The third-order valence-corrected chi connectivity index (χ3v) is 8.22. The summed E-state index contributed by atoms with van der Waals surface area (Å²) in [7, 11) is 0. The Hall–Kier alpha value is -3.23. The Balaban J connectivity index is 1.74. The van der Waals surface area contributed by atoms with E-state index in [1.807, 2.05) is 50.8 Å². The number of allylic oxidation sites excluding steroid dienone is 3. The van der Waals surface area contributed by atoms with E-state index in [1.165, 1.54) is 0 Å². The number of carbonyl (C=O) groups excluding carboxylic acids is 3. The monoisotopic (exact) mass is 584 g/mol. The summed E-state index contributed by atoms with van der Waals surface area (Å²) in [5, 5.41) is 0. The van der Waals surface area contributed by atoms with Gasteiger partial charge in [-0.2, -0.15) is 0 Å². The van der Waals surface area contributed by atoms with Crippen LogP contribution in [0.3, 0.4) is 0 Å². The van der Waals surface area contributed by atoms with Gasteiger partial charge in [0.1, 0.15) is 35.4 Å². The van der Waals surface area contributed by atoms with Gasteiger partial charge in [0.25, 0.3) is 0 Å². The van der Waals surface area contributed by atoms with Crippen LogP contribution in [-0.2, 0) is 25.4 Å². The van der Waals surface area contributed by atoms with Gasteiger partial charge >= 0.3 is 12.2 Å². The van der Waals surface area contributed by atoms with Gasteiger partial charge in [-0.25, -0.2) is 9.59 Å². The van der Waals surface area contributed by atoms with Crippen LogP contribution in [0, 0.1) is 5.41 Å². The first-order valence-electron chi connectivity index (χ1n) is 15.2. The second kappa shape index (κ2) is 12.2. The van der Waals surface area contributed by atoms with Gasteiger partial charge in [0.2, 0.25) is 5.91 Å². The SMILES string of the molecule is C=CCCCCN1CC[C@@H]2c3cc(CC=CC)oc3[C@H]3N(C(=O)OC(C)(C)C)[C@@H](COC(=O)OC(C)(C)C)C[C@]23C1=O. The number of furan rings is 1. The molecule has 1 spiro atoms. The average molecular weight is 585 g/mol. The van der Waals surface area contributed by atoms with E-state index in [2.05, 4.69) is 12.6 Å². The molecule has 0 unspecified atom stereocenters. The number of carbonyl (C=O) groups is 3. The quantitative estimate of drug-likeness (QED) is 0.174. The maximum atomic E-state index is 14.6. The highest BCUT2D eigenvalue weighted by Gasteiger charge is 2.70. The lowest BCUT2D eigenvalue weighted by Gasteiger charge is -2.44. The first kappa shape index (κ1) is 31.7. The van der Waals surface area contributed by atoms with Crippen molar-refractivity contribution >= 4 is 18.2 Å². The summed E-state index contributed by atoms with van der Waals surface area (Å²) < 4.78 is 23.3. The zero-order chi connectivity index (χ0) is 30.9. The number of amides is 2. The highest BCUT2D eigenvalue weighted by atomic mass is 16.7. The van der Waals surface area contributed by atoms with Crippen molar-refractivity contribution in [1.82, 2.24) is 9.80 Å². The minimum atomic E-state index is -0.928. The molecular formula is C33H48N2O7. The van der Waals surface area contributed by atoms with Crippen molar-refractivity contribution in [3.63, 3.8) is 0 Å². The number of likely N-dealkylation sites (tertiary alicyclic amines) is 2. The van der Waals surface area contributed by atoms with Crippen molar-refractivity contribution in [3.8, 4) is 0 Å². The molecule has 1 aromatic rings. The molecule has 0 aromatic carbocycles. The number of hydrogen-bond donors (Lipinski definition) is 0. The van der Waals surface area contributed by atoms with Gasteiger partial charge in [0, 0.05) is 31.0 Å². The zero-order valence-corrected chi connectivity index (χ0v) is 26.4. The summed E-state index contributed by atoms with van der Waals surface area (Å²) in [5.74, 6) is 1.35. The van der Waals surface area contributed by atoms with Crippen LogP contribution in [0.15, 0.2) is 35.3 Å². The summed E-state index contributed by atoms with van der Waals surface area (Å²) >= 11 is 0. The summed E-state index contributed by atoms with van der Waals surface area (Å²) in [5.41, 5.74) is -1.42. The van der Waals surface area contributed by atoms with Gasteiger partial charge in [-0.05, 0) is 86.6 Å². The predicted octanol–water partition coefficient (Wildman–Crippen LogP) is 7.07. The third-order valence-electron chi connectivity index (χ3n) is 8.22. The Morgan fingerprint density at radius 2 is 1.86 bits per heavy atom. The summed E-state index contributed by atoms with van der Waals surface area (Å²) in [6.45, 7) is 17.7. The smallest absolute Gasteiger partial charge is 0.463 e. The van der Waals surface area contributed by atoms with Crippen LogP contribution >= 0.6 is 0 Å². The van der Waals surface area contributed by atoms with Gasteiger partial charge in [0.15, 0.2) is 0 Å². The van der Waals surface area contributed by atoms with Crippen LogP contribution in [0.1, 0.15) is 110 Å².